The van der Waals surface area contributed by atoms with Gasteiger partial charge in [0.2, 0.25) is 5.91 Å². The quantitative estimate of drug-likeness (QED) is 0.774. The molecule has 0 aliphatic rings. The number of carbonyl (C=O) groups is 1. The van der Waals surface area contributed by atoms with E-state index in [1.54, 1.807) is 12.1 Å². The Balaban J connectivity index is 1.96. The van der Waals surface area contributed by atoms with Crippen LogP contribution < -0.4 is 5.73 Å². The molecule has 0 aliphatic heterocycles. The molecule has 2 aromatic carbocycles. The lowest BCUT2D eigenvalue weighted by atomic mass is 10.0. The first kappa shape index (κ1) is 14.5. The number of hydrogen-bond donors (Lipinski definition) is 2. The van der Waals surface area contributed by atoms with Gasteiger partial charge in [-0.25, -0.2) is 4.98 Å². The van der Waals surface area contributed by atoms with Crippen molar-refractivity contribution in [1.29, 1.82) is 0 Å². The summed E-state index contributed by atoms with van der Waals surface area (Å²) in [7, 11) is -1.38. The number of nitrogens with two attached hydrogens (primary N) is 1. The number of rotatable bonds is 4. The van der Waals surface area contributed by atoms with Crippen LogP contribution in [0.4, 0.5) is 0 Å². The minimum absolute atomic E-state index is 0.199. The number of aromatic nitrogens is 2. The maximum atomic E-state index is 12.6. The van der Waals surface area contributed by atoms with Crippen LogP contribution in [0.1, 0.15) is 21.5 Å². The number of nitrogens with one attached hydrogen (secondary N) is 1. The van der Waals surface area contributed by atoms with Gasteiger partial charge in [0.1, 0.15) is 0 Å². The lowest BCUT2D eigenvalue weighted by Crippen LogP contribution is -2.15. The highest BCUT2D eigenvalue weighted by Gasteiger charge is 2.16. The zero-order chi connectivity index (χ0) is 15.7. The molecular formula is C16H15N3O2S. The van der Waals surface area contributed by atoms with E-state index in [0.717, 1.165) is 16.6 Å². The number of nitrogens with zero attached hydrogens (tertiary/aromatic N) is 1. The fraction of sp³-hybridized carbons (Fsp3) is 0.125. The number of para-hydroxylation sites is 2. The number of fused-ring (bicyclic) bond motifs is 1. The molecule has 112 valence electrons. The predicted octanol–water partition coefficient (Wildman–Crippen LogP) is 2.28. The average Bonchev–Trinajstić information content (AvgIpc) is 2.93. The Morgan fingerprint density at radius 3 is 2.73 bits per heavy atom. The smallest absolute Gasteiger partial charge is 0.249 e. The second kappa shape index (κ2) is 5.73. The SMILES string of the molecule is Cc1cccc(C(N)=O)c1CS(=O)c1nc2ccccc2[nH]1. The van der Waals surface area contributed by atoms with Crippen molar-refractivity contribution >= 4 is 27.7 Å². The van der Waals surface area contributed by atoms with Crippen LogP contribution in [-0.4, -0.2) is 20.1 Å². The van der Waals surface area contributed by atoms with Crippen molar-refractivity contribution in [2.75, 3.05) is 0 Å². The maximum absolute atomic E-state index is 12.6. The maximum Gasteiger partial charge on any atom is 0.249 e. The van der Waals surface area contributed by atoms with Crippen LogP contribution in [0.2, 0.25) is 0 Å². The predicted molar refractivity (Wildman–Crippen MR) is 85.9 cm³/mol. The van der Waals surface area contributed by atoms with Gasteiger partial charge >= 0.3 is 0 Å². The van der Waals surface area contributed by atoms with Crippen LogP contribution >= 0.6 is 0 Å². The molecule has 1 aromatic heterocycles. The van der Waals surface area contributed by atoms with Gasteiger partial charge in [0.15, 0.2) is 5.16 Å². The van der Waals surface area contributed by atoms with E-state index < -0.39 is 16.7 Å². The second-order valence-corrected chi connectivity index (χ2v) is 6.38. The zero-order valence-corrected chi connectivity index (χ0v) is 12.8. The van der Waals surface area contributed by atoms with Gasteiger partial charge < -0.3 is 10.7 Å². The molecule has 3 rings (SSSR count). The summed E-state index contributed by atoms with van der Waals surface area (Å²) < 4.78 is 12.6. The van der Waals surface area contributed by atoms with Crippen molar-refractivity contribution in [2.45, 2.75) is 17.8 Å². The van der Waals surface area contributed by atoms with Gasteiger partial charge in [-0.3, -0.25) is 9.00 Å². The molecule has 5 nitrogen and oxygen atoms in total. The van der Waals surface area contributed by atoms with Crippen molar-refractivity contribution in [3.05, 3.63) is 59.2 Å². The molecule has 1 unspecified atom stereocenters. The number of carbonyl (C=O) groups excluding carboxylic acids is 1. The Kier molecular flexibility index (Phi) is 3.77. The monoisotopic (exact) mass is 313 g/mol. The third kappa shape index (κ3) is 2.65. The third-order valence-electron chi connectivity index (χ3n) is 3.53. The van der Waals surface area contributed by atoms with Crippen LogP contribution in [0.15, 0.2) is 47.6 Å². The van der Waals surface area contributed by atoms with Gasteiger partial charge in [0.05, 0.1) is 27.6 Å². The Morgan fingerprint density at radius 2 is 2.00 bits per heavy atom. The number of amides is 1. The van der Waals surface area contributed by atoms with E-state index in [-0.39, 0.29) is 5.75 Å². The molecule has 3 aromatic rings. The molecule has 0 fully saturated rings. The van der Waals surface area contributed by atoms with Crippen molar-refractivity contribution in [2.24, 2.45) is 5.73 Å². The lowest BCUT2D eigenvalue weighted by molar-refractivity contribution is 0.0999. The van der Waals surface area contributed by atoms with Gasteiger partial charge in [-0.15, -0.1) is 0 Å². The van der Waals surface area contributed by atoms with Gasteiger partial charge in [0.25, 0.3) is 0 Å². The molecule has 1 atom stereocenters. The first-order valence-corrected chi connectivity index (χ1v) is 8.09. The highest BCUT2D eigenvalue weighted by molar-refractivity contribution is 7.84. The third-order valence-corrected chi connectivity index (χ3v) is 4.71. The summed E-state index contributed by atoms with van der Waals surface area (Å²) >= 11 is 0. The molecular weight excluding hydrogens is 298 g/mol. The number of aromatic amines is 1. The number of H-pyrrole nitrogens is 1. The standard InChI is InChI=1S/C16H15N3O2S/c1-10-5-4-6-11(15(17)20)12(10)9-22(21)16-18-13-7-2-3-8-14(13)19-16/h2-8H,9H2,1H3,(H2,17,20)(H,18,19). The zero-order valence-electron chi connectivity index (χ0n) is 12.0. The number of imidazole rings is 1. The Morgan fingerprint density at radius 1 is 1.23 bits per heavy atom. The van der Waals surface area contributed by atoms with Crippen LogP contribution in [0.3, 0.4) is 0 Å². The van der Waals surface area contributed by atoms with Crippen LogP contribution in [-0.2, 0) is 16.6 Å². The van der Waals surface area contributed by atoms with E-state index in [2.05, 4.69) is 9.97 Å². The van der Waals surface area contributed by atoms with Gasteiger partial charge in [-0.1, -0.05) is 24.3 Å². The average molecular weight is 313 g/mol. The van der Waals surface area contributed by atoms with E-state index >= 15 is 0 Å². The van der Waals surface area contributed by atoms with Gasteiger partial charge in [-0.2, -0.15) is 0 Å². The molecule has 0 saturated heterocycles. The Labute approximate surface area is 130 Å². The molecule has 22 heavy (non-hydrogen) atoms. The van der Waals surface area contributed by atoms with Crippen molar-refractivity contribution in [3.63, 3.8) is 0 Å². The van der Waals surface area contributed by atoms with Crippen LogP contribution in [0.5, 0.6) is 0 Å². The largest absolute Gasteiger partial charge is 0.366 e. The fourth-order valence-electron chi connectivity index (χ4n) is 2.36. The number of aryl methyl sites for hydroxylation is 1. The molecule has 6 heteroatoms. The Bertz CT molecular complexity index is 853. The van der Waals surface area contributed by atoms with Crippen molar-refractivity contribution in [3.8, 4) is 0 Å². The number of hydrogen-bond acceptors (Lipinski definition) is 3. The van der Waals surface area contributed by atoms with E-state index in [9.17, 15) is 9.00 Å². The summed E-state index contributed by atoms with van der Waals surface area (Å²) in [6, 6.07) is 12.8. The molecule has 0 spiro atoms. The molecule has 0 saturated carbocycles. The number of primary amides is 1. The summed E-state index contributed by atoms with van der Waals surface area (Å²) in [5.74, 6) is -0.314. The first-order chi connectivity index (χ1) is 10.6. The lowest BCUT2D eigenvalue weighted by Gasteiger charge is -2.09. The summed E-state index contributed by atoms with van der Waals surface area (Å²) in [6.07, 6.45) is 0. The highest BCUT2D eigenvalue weighted by atomic mass is 32.2. The molecule has 1 heterocycles. The van der Waals surface area contributed by atoms with Crippen LogP contribution in [0, 0.1) is 6.92 Å². The fourth-order valence-corrected chi connectivity index (χ4v) is 3.57. The molecule has 1 amide bonds. The number of benzene rings is 2. The van der Waals surface area contributed by atoms with E-state index in [0.29, 0.717) is 16.3 Å². The highest BCUT2D eigenvalue weighted by Crippen LogP contribution is 2.20. The summed E-state index contributed by atoms with van der Waals surface area (Å²) in [4.78, 5) is 18.9. The van der Waals surface area contributed by atoms with E-state index in [4.69, 9.17) is 5.73 Å². The van der Waals surface area contributed by atoms with E-state index in [1.807, 2.05) is 37.3 Å². The van der Waals surface area contributed by atoms with Crippen LogP contribution in [0.25, 0.3) is 11.0 Å². The molecule has 3 N–H and O–H groups in total. The summed E-state index contributed by atoms with van der Waals surface area (Å²) in [6.45, 7) is 1.87. The molecule has 0 bridgehead atoms. The van der Waals surface area contributed by atoms with Gasteiger partial charge in [0, 0.05) is 5.56 Å². The van der Waals surface area contributed by atoms with E-state index in [1.165, 1.54) is 0 Å². The van der Waals surface area contributed by atoms with Crippen molar-refractivity contribution in [1.82, 2.24) is 9.97 Å². The summed E-state index contributed by atoms with van der Waals surface area (Å²) in [5, 5.41) is 0.403. The van der Waals surface area contributed by atoms with Crippen molar-refractivity contribution < 1.29 is 9.00 Å². The Hall–Kier alpha value is -2.47. The minimum Gasteiger partial charge on any atom is -0.366 e. The van der Waals surface area contributed by atoms with Gasteiger partial charge in [-0.05, 0) is 36.2 Å². The first-order valence-electron chi connectivity index (χ1n) is 6.77. The second-order valence-electron chi connectivity index (χ2n) is 5.01. The molecule has 0 radical (unpaired) electrons. The topological polar surface area (TPSA) is 88.8 Å². The summed E-state index contributed by atoms with van der Waals surface area (Å²) in [5.41, 5.74) is 9.00. The normalized spacial score (nSPS) is 12.4. The minimum atomic E-state index is -1.38. The molecule has 0 aliphatic carbocycles.